The molecular weight excluding hydrogens is 440 g/mol. The standard InChI is InChI=1S/C27H28N6O2/c1-17-8-6-7-11-22(17)32-25-20-12-13-28-26(20)29-15-23(25)31(27(32)35)16-24(34)21-14-30-33(18(21)2)19-9-4-3-5-10-19/h3-5,9-10,12-15,17,22H,6-8,11,16H2,1-2H3,(H,28,29)/t17-,22+/m1/s1. The molecule has 35 heavy (non-hydrogen) atoms. The molecular formula is C27H28N6O2. The van der Waals surface area contributed by atoms with Crippen molar-refractivity contribution in [3.05, 3.63) is 76.7 Å². The van der Waals surface area contributed by atoms with Crippen molar-refractivity contribution < 1.29 is 4.79 Å². The molecule has 8 nitrogen and oxygen atoms in total. The highest BCUT2D eigenvalue weighted by Gasteiger charge is 2.29. The van der Waals surface area contributed by atoms with Gasteiger partial charge in [-0.3, -0.25) is 13.9 Å². The summed E-state index contributed by atoms with van der Waals surface area (Å²) in [6.07, 6.45) is 9.52. The van der Waals surface area contributed by atoms with Gasteiger partial charge in [-0.2, -0.15) is 5.10 Å². The van der Waals surface area contributed by atoms with E-state index in [0.717, 1.165) is 47.2 Å². The lowest BCUT2D eigenvalue weighted by molar-refractivity contribution is 0.0971. The zero-order chi connectivity index (χ0) is 24.1. The first-order chi connectivity index (χ1) is 17.0. The van der Waals surface area contributed by atoms with Gasteiger partial charge in [-0.1, -0.05) is 38.0 Å². The lowest BCUT2D eigenvalue weighted by atomic mass is 9.85. The normalized spacial score (nSPS) is 18.5. The van der Waals surface area contributed by atoms with Crippen molar-refractivity contribution in [1.82, 2.24) is 28.9 Å². The first-order valence-electron chi connectivity index (χ1n) is 12.2. The third-order valence-electron chi connectivity index (χ3n) is 7.52. The average molecular weight is 469 g/mol. The largest absolute Gasteiger partial charge is 0.346 e. The van der Waals surface area contributed by atoms with Crippen LogP contribution >= 0.6 is 0 Å². The minimum atomic E-state index is -0.143. The number of aromatic amines is 1. The van der Waals surface area contributed by atoms with E-state index in [-0.39, 0.29) is 24.1 Å². The van der Waals surface area contributed by atoms with Gasteiger partial charge in [-0.05, 0) is 43.9 Å². The molecule has 1 fully saturated rings. The van der Waals surface area contributed by atoms with Crippen LogP contribution in [0.3, 0.4) is 0 Å². The molecule has 0 bridgehead atoms. The number of rotatable bonds is 5. The van der Waals surface area contributed by atoms with Gasteiger partial charge < -0.3 is 4.98 Å². The van der Waals surface area contributed by atoms with Gasteiger partial charge in [0.1, 0.15) is 5.65 Å². The Morgan fingerprint density at radius 1 is 1.11 bits per heavy atom. The van der Waals surface area contributed by atoms with Crippen LogP contribution in [-0.2, 0) is 6.54 Å². The molecule has 0 saturated heterocycles. The van der Waals surface area contributed by atoms with Crippen molar-refractivity contribution >= 4 is 27.9 Å². The Kier molecular flexibility index (Phi) is 5.16. The van der Waals surface area contributed by atoms with Crippen LogP contribution in [-0.4, -0.2) is 34.7 Å². The predicted molar refractivity (Wildman–Crippen MR) is 135 cm³/mol. The Hall–Kier alpha value is -3.94. The van der Waals surface area contributed by atoms with Crippen molar-refractivity contribution in [1.29, 1.82) is 0 Å². The third-order valence-corrected chi connectivity index (χ3v) is 7.52. The van der Waals surface area contributed by atoms with Crippen molar-refractivity contribution in [2.45, 2.75) is 52.1 Å². The maximum atomic E-state index is 13.9. The number of nitrogens with one attached hydrogen (secondary N) is 1. The van der Waals surface area contributed by atoms with Crippen LogP contribution in [0.25, 0.3) is 27.8 Å². The van der Waals surface area contributed by atoms with Crippen LogP contribution in [0.2, 0.25) is 0 Å². The summed E-state index contributed by atoms with van der Waals surface area (Å²) in [5.74, 6) is 0.251. The van der Waals surface area contributed by atoms with Crippen LogP contribution < -0.4 is 5.69 Å². The summed E-state index contributed by atoms with van der Waals surface area (Å²) in [7, 11) is 0. The van der Waals surface area contributed by atoms with E-state index in [4.69, 9.17) is 0 Å². The van der Waals surface area contributed by atoms with Crippen LogP contribution in [0.5, 0.6) is 0 Å². The molecule has 1 aliphatic carbocycles. The number of imidazole rings is 1. The van der Waals surface area contributed by atoms with Gasteiger partial charge in [-0.25, -0.2) is 14.5 Å². The number of pyridine rings is 1. The molecule has 4 aromatic heterocycles. The maximum absolute atomic E-state index is 13.9. The fourth-order valence-electron chi connectivity index (χ4n) is 5.65. The number of carbonyl (C=O) groups excluding carboxylic acids is 1. The Morgan fingerprint density at radius 3 is 2.71 bits per heavy atom. The van der Waals surface area contributed by atoms with Gasteiger partial charge >= 0.3 is 5.69 Å². The van der Waals surface area contributed by atoms with E-state index in [9.17, 15) is 9.59 Å². The summed E-state index contributed by atoms with van der Waals surface area (Å²) in [6.45, 7) is 4.05. The summed E-state index contributed by atoms with van der Waals surface area (Å²) in [5.41, 5.74) is 4.33. The van der Waals surface area contributed by atoms with E-state index < -0.39 is 0 Å². The molecule has 0 radical (unpaired) electrons. The van der Waals surface area contributed by atoms with Gasteiger partial charge in [-0.15, -0.1) is 0 Å². The Bertz CT molecular complexity index is 1600. The molecule has 2 atom stereocenters. The van der Waals surface area contributed by atoms with Gasteiger partial charge in [0.25, 0.3) is 0 Å². The molecule has 178 valence electrons. The number of Topliss-reactive ketones (excluding diaryl/α,β-unsaturated/α-hetero) is 1. The summed E-state index contributed by atoms with van der Waals surface area (Å²) < 4.78 is 5.29. The minimum Gasteiger partial charge on any atom is -0.346 e. The molecule has 1 aliphatic rings. The third kappa shape index (κ3) is 3.43. The van der Waals surface area contributed by atoms with Crippen molar-refractivity contribution in [3.63, 3.8) is 0 Å². The number of nitrogens with zero attached hydrogens (tertiary/aromatic N) is 5. The van der Waals surface area contributed by atoms with E-state index >= 15 is 0 Å². The quantitative estimate of drug-likeness (QED) is 0.375. The predicted octanol–water partition coefficient (Wildman–Crippen LogP) is 4.81. The van der Waals surface area contributed by atoms with Gasteiger partial charge in [0, 0.05) is 17.6 Å². The van der Waals surface area contributed by atoms with Crippen LogP contribution in [0, 0.1) is 12.8 Å². The number of hydrogen-bond donors (Lipinski definition) is 1. The summed E-state index contributed by atoms with van der Waals surface area (Å²) in [6, 6.07) is 11.8. The van der Waals surface area contributed by atoms with Crippen LogP contribution in [0.1, 0.15) is 54.7 Å². The fraction of sp³-hybridized carbons (Fsp3) is 0.333. The molecule has 5 aromatic rings. The number of ketones is 1. The molecule has 0 spiro atoms. The molecule has 0 aliphatic heterocycles. The number of hydrogen-bond acceptors (Lipinski definition) is 4. The maximum Gasteiger partial charge on any atom is 0.329 e. The van der Waals surface area contributed by atoms with Crippen LogP contribution in [0.4, 0.5) is 0 Å². The molecule has 6 rings (SSSR count). The second-order valence-electron chi connectivity index (χ2n) is 9.61. The molecule has 1 aromatic carbocycles. The van der Waals surface area contributed by atoms with E-state index in [1.54, 1.807) is 21.6 Å². The zero-order valence-electron chi connectivity index (χ0n) is 19.9. The SMILES string of the molecule is Cc1c(C(=O)Cn2c(=O)n([C@H]3CCCC[C@H]3C)c3c4cc[nH]c4ncc32)cnn1-c1ccccc1. The molecule has 8 heteroatoms. The highest BCUT2D eigenvalue weighted by molar-refractivity contribution is 6.02. The molecule has 4 heterocycles. The molecule has 1 saturated carbocycles. The monoisotopic (exact) mass is 468 g/mol. The number of aromatic nitrogens is 6. The van der Waals surface area contributed by atoms with E-state index in [0.29, 0.717) is 17.0 Å². The zero-order valence-corrected chi connectivity index (χ0v) is 19.9. The molecule has 0 unspecified atom stereocenters. The second kappa shape index (κ2) is 8.37. The lowest BCUT2D eigenvalue weighted by Crippen LogP contribution is -2.33. The summed E-state index contributed by atoms with van der Waals surface area (Å²) in [4.78, 5) is 35.1. The number of para-hydroxylation sites is 1. The number of benzene rings is 1. The van der Waals surface area contributed by atoms with Gasteiger partial charge in [0.15, 0.2) is 5.78 Å². The minimum absolute atomic E-state index is 0.0532. The first-order valence-corrected chi connectivity index (χ1v) is 12.2. The number of fused-ring (bicyclic) bond motifs is 3. The van der Waals surface area contributed by atoms with Crippen molar-refractivity contribution in [2.24, 2.45) is 5.92 Å². The number of H-pyrrole nitrogens is 1. The Labute approximate surface area is 202 Å². The highest BCUT2D eigenvalue weighted by atomic mass is 16.2. The van der Waals surface area contributed by atoms with E-state index in [2.05, 4.69) is 22.0 Å². The molecule has 0 amide bonds. The highest BCUT2D eigenvalue weighted by Crippen LogP contribution is 2.36. The van der Waals surface area contributed by atoms with Crippen LogP contribution in [0.15, 0.2) is 59.8 Å². The molecule has 1 N–H and O–H groups in total. The Morgan fingerprint density at radius 2 is 1.91 bits per heavy atom. The van der Waals surface area contributed by atoms with E-state index in [1.807, 2.05) is 54.1 Å². The smallest absolute Gasteiger partial charge is 0.329 e. The first kappa shape index (κ1) is 21.6. The van der Waals surface area contributed by atoms with E-state index in [1.165, 1.54) is 6.42 Å². The van der Waals surface area contributed by atoms with Gasteiger partial charge in [0.2, 0.25) is 0 Å². The summed E-state index contributed by atoms with van der Waals surface area (Å²) in [5, 5.41) is 5.36. The second-order valence-corrected chi connectivity index (χ2v) is 9.61. The lowest BCUT2D eigenvalue weighted by Gasteiger charge is -2.29. The fourth-order valence-corrected chi connectivity index (χ4v) is 5.65. The summed E-state index contributed by atoms with van der Waals surface area (Å²) >= 11 is 0. The topological polar surface area (TPSA) is 90.5 Å². The van der Waals surface area contributed by atoms with Gasteiger partial charge in [0.05, 0.1) is 46.9 Å². The number of carbonyl (C=O) groups is 1. The van der Waals surface area contributed by atoms with Crippen molar-refractivity contribution in [2.75, 3.05) is 0 Å². The Balaban J connectivity index is 1.46. The van der Waals surface area contributed by atoms with Crippen molar-refractivity contribution in [3.8, 4) is 5.69 Å². The average Bonchev–Trinajstić information content (AvgIpc) is 3.57.